The zero-order valence-corrected chi connectivity index (χ0v) is 39.6. The van der Waals surface area contributed by atoms with Crippen LogP contribution in [0.25, 0.3) is 0 Å². The zero-order valence-electron chi connectivity index (χ0n) is 39.6. The third-order valence-corrected chi connectivity index (χ3v) is 17.3. The number of esters is 3. The molecule has 13 nitrogen and oxygen atoms in total. The van der Waals surface area contributed by atoms with E-state index in [0.717, 1.165) is 80.3 Å². The van der Waals surface area contributed by atoms with Gasteiger partial charge in [-0.2, -0.15) is 0 Å². The Morgan fingerprint density at radius 3 is 2.23 bits per heavy atom. The van der Waals surface area contributed by atoms with Crippen molar-refractivity contribution in [3.05, 3.63) is 111 Å². The summed E-state index contributed by atoms with van der Waals surface area (Å²) in [6, 6.07) is 17.1. The number of aromatic nitrogens is 2. The van der Waals surface area contributed by atoms with Crippen molar-refractivity contribution in [1.82, 2.24) is 9.97 Å². The quantitative estimate of drug-likeness (QED) is 0.0334. The van der Waals surface area contributed by atoms with E-state index in [9.17, 15) is 24.5 Å². The Bertz CT molecular complexity index is 2320. The SMILES string of the molecule is CC1(C)CC[C@]2(C(=O)OCc3ccccc3)CC[C@]3(C)C(=CC[C@@H]4[C@@]5(C)Cc6nccnc6[C@@](C)(COC(=O)CCC(=O)OCCc6ccc(OCCO[N+](=O)[O-])cc6)[C@@H]5CC[C@]43C)[C@@H]2C1. The number of fused-ring (bicyclic) bond motifs is 8. The van der Waals surface area contributed by atoms with E-state index in [1.165, 1.54) is 5.57 Å². The van der Waals surface area contributed by atoms with Gasteiger partial charge in [-0.25, -0.2) is 0 Å². The van der Waals surface area contributed by atoms with E-state index in [1.807, 2.05) is 42.5 Å². The monoisotopic (exact) mass is 905 g/mol. The summed E-state index contributed by atoms with van der Waals surface area (Å²) < 4.78 is 23.3. The van der Waals surface area contributed by atoms with Crippen molar-refractivity contribution in [3.63, 3.8) is 0 Å². The molecule has 66 heavy (non-hydrogen) atoms. The molecule has 5 aliphatic rings. The number of hydrogen-bond acceptors (Lipinski definition) is 12. The molecule has 0 unspecified atom stereocenters. The minimum atomic E-state index is -0.863. The summed E-state index contributed by atoms with van der Waals surface area (Å²) in [7, 11) is 0. The van der Waals surface area contributed by atoms with Crippen LogP contribution < -0.4 is 4.74 Å². The molecule has 8 rings (SSSR count). The first-order chi connectivity index (χ1) is 31.4. The van der Waals surface area contributed by atoms with Gasteiger partial charge < -0.3 is 23.8 Å². The highest BCUT2D eigenvalue weighted by Gasteiger charge is 2.70. The largest absolute Gasteiger partial charge is 0.492 e. The summed E-state index contributed by atoms with van der Waals surface area (Å²) in [5.41, 5.74) is 3.93. The fraction of sp³-hybridized carbons (Fsp3) is 0.604. The Morgan fingerprint density at radius 1 is 0.773 bits per heavy atom. The molecular formula is C53H67N3O10. The highest BCUT2D eigenvalue weighted by atomic mass is 17.0. The second-order valence-corrected chi connectivity index (χ2v) is 21.6. The molecular weight excluding hydrogens is 839 g/mol. The van der Waals surface area contributed by atoms with Crippen LogP contribution in [0, 0.1) is 54.9 Å². The fourth-order valence-electron chi connectivity index (χ4n) is 13.7. The number of rotatable bonds is 16. The second-order valence-electron chi connectivity index (χ2n) is 21.6. The molecule has 1 heterocycles. The second kappa shape index (κ2) is 18.4. The van der Waals surface area contributed by atoms with Gasteiger partial charge in [0.05, 0.1) is 36.3 Å². The molecule has 5 aliphatic carbocycles. The van der Waals surface area contributed by atoms with Gasteiger partial charge in [-0.15, -0.1) is 10.1 Å². The molecule has 1 aromatic heterocycles. The summed E-state index contributed by atoms with van der Waals surface area (Å²) in [6.07, 6.45) is 14.6. The minimum absolute atomic E-state index is 0.0311. The maximum atomic E-state index is 14.5. The van der Waals surface area contributed by atoms with E-state index in [4.69, 9.17) is 28.9 Å². The first-order valence-electron chi connectivity index (χ1n) is 23.9. The van der Waals surface area contributed by atoms with Crippen LogP contribution in [-0.4, -0.2) is 59.4 Å². The molecule has 354 valence electrons. The standard InChI is InChI=1S/C53H67N3O10/c1-48(2)23-25-53(47(59)64-34-37-10-8-7-9-11-37)26-24-51(5)39(40(53)32-48)16-17-43-49(3)33-41-46(55-28-27-54-41)50(4,42(49)20-22-52(43,51)6)35-65-45(58)19-18-44(57)63-29-21-36-12-14-38(15-13-36)62-30-31-66-56(60)61/h7-16,27-28,40,42-43H,17-26,29-35H2,1-6H3/t40-,42+,43+,49-,50-,51+,52+,53-/m0/s1. The van der Waals surface area contributed by atoms with E-state index in [-0.39, 0.29) is 78.7 Å². The predicted molar refractivity (Wildman–Crippen MR) is 245 cm³/mol. The topological polar surface area (TPSA) is 166 Å². The van der Waals surface area contributed by atoms with E-state index in [0.29, 0.717) is 24.7 Å². The molecule has 0 bridgehead atoms. The average molecular weight is 906 g/mol. The maximum absolute atomic E-state index is 14.5. The van der Waals surface area contributed by atoms with E-state index in [1.54, 1.807) is 24.5 Å². The van der Waals surface area contributed by atoms with Gasteiger partial charge in [0.1, 0.15) is 32.2 Å². The number of allylic oxidation sites excluding steroid dienone is 2. The predicted octanol–water partition coefficient (Wildman–Crippen LogP) is 9.71. The molecule has 3 aromatic rings. The number of nitrogens with zero attached hydrogens (tertiary/aromatic N) is 3. The highest BCUT2D eigenvalue weighted by Crippen LogP contribution is 2.75. The molecule has 8 atom stereocenters. The van der Waals surface area contributed by atoms with Crippen molar-refractivity contribution in [3.8, 4) is 5.75 Å². The van der Waals surface area contributed by atoms with Crippen molar-refractivity contribution in [2.45, 2.75) is 131 Å². The Balaban J connectivity index is 0.932. The summed E-state index contributed by atoms with van der Waals surface area (Å²) in [6.45, 7) is 14.9. The average Bonchev–Trinajstić information content (AvgIpc) is 3.29. The molecule has 0 N–H and O–H groups in total. The van der Waals surface area contributed by atoms with Crippen LogP contribution in [0.3, 0.4) is 0 Å². The summed E-state index contributed by atoms with van der Waals surface area (Å²) in [5, 5.41) is 9.43. The number of hydrogen-bond donors (Lipinski definition) is 0. The molecule has 0 spiro atoms. The van der Waals surface area contributed by atoms with Crippen LogP contribution in [0.15, 0.2) is 78.6 Å². The van der Waals surface area contributed by atoms with Crippen LogP contribution in [0.1, 0.15) is 128 Å². The van der Waals surface area contributed by atoms with Crippen LogP contribution in [-0.2, 0) is 58.3 Å². The lowest BCUT2D eigenvalue weighted by Crippen LogP contribution is -2.65. The Hall–Kier alpha value is -5.33. The number of ether oxygens (including phenoxy) is 4. The van der Waals surface area contributed by atoms with Crippen molar-refractivity contribution in [1.29, 1.82) is 0 Å². The molecule has 3 fully saturated rings. The van der Waals surface area contributed by atoms with Crippen LogP contribution in [0.4, 0.5) is 0 Å². The Morgan fingerprint density at radius 2 is 1.48 bits per heavy atom. The molecule has 2 aromatic carbocycles. The first kappa shape index (κ1) is 47.2. The Labute approximate surface area is 388 Å². The smallest absolute Gasteiger partial charge is 0.313 e. The highest BCUT2D eigenvalue weighted by molar-refractivity contribution is 5.79. The van der Waals surface area contributed by atoms with Crippen molar-refractivity contribution in [2.75, 3.05) is 26.4 Å². The van der Waals surface area contributed by atoms with Gasteiger partial charge in [0.2, 0.25) is 0 Å². The maximum Gasteiger partial charge on any atom is 0.313 e. The van der Waals surface area contributed by atoms with Crippen LogP contribution in [0.2, 0.25) is 0 Å². The Kier molecular flexibility index (Phi) is 13.1. The molecule has 0 amide bonds. The summed E-state index contributed by atoms with van der Waals surface area (Å²) >= 11 is 0. The van der Waals surface area contributed by atoms with Crippen molar-refractivity contribution in [2.24, 2.45) is 44.8 Å². The lowest BCUT2D eigenvalue weighted by Gasteiger charge is -2.70. The van der Waals surface area contributed by atoms with Gasteiger partial charge in [0.15, 0.2) is 0 Å². The third kappa shape index (κ3) is 8.83. The first-order valence-corrected chi connectivity index (χ1v) is 23.9. The normalized spacial score (nSPS) is 31.5. The third-order valence-electron chi connectivity index (χ3n) is 17.3. The number of benzene rings is 2. The van der Waals surface area contributed by atoms with Crippen LogP contribution in [0.5, 0.6) is 5.75 Å². The van der Waals surface area contributed by atoms with Gasteiger partial charge in [-0.3, -0.25) is 24.4 Å². The van der Waals surface area contributed by atoms with Gasteiger partial charge in [0, 0.05) is 24.2 Å². The molecule has 0 radical (unpaired) electrons. The van der Waals surface area contributed by atoms with E-state index < -0.39 is 27.9 Å². The lowest BCUT2D eigenvalue weighted by molar-refractivity contribution is -0.757. The fourth-order valence-corrected chi connectivity index (χ4v) is 13.7. The molecule has 0 aliphatic heterocycles. The molecule has 13 heteroatoms. The van der Waals surface area contributed by atoms with Crippen LogP contribution >= 0.6 is 0 Å². The minimum Gasteiger partial charge on any atom is -0.492 e. The van der Waals surface area contributed by atoms with Gasteiger partial charge >= 0.3 is 17.9 Å². The lowest BCUT2D eigenvalue weighted by atomic mass is 9.33. The number of carbonyl (C=O) groups excluding carboxylic acids is 3. The molecule has 0 saturated heterocycles. The number of carbonyl (C=O) groups is 3. The zero-order chi connectivity index (χ0) is 47.0. The van der Waals surface area contributed by atoms with Crippen molar-refractivity contribution < 1.29 is 43.3 Å². The van der Waals surface area contributed by atoms with E-state index >= 15 is 0 Å². The summed E-state index contributed by atoms with van der Waals surface area (Å²) in [4.78, 5) is 65.1. The summed E-state index contributed by atoms with van der Waals surface area (Å²) in [5.74, 6) is 0.195. The molecule has 3 saturated carbocycles. The van der Waals surface area contributed by atoms with Gasteiger partial charge in [-0.1, -0.05) is 95.7 Å². The van der Waals surface area contributed by atoms with Gasteiger partial charge in [-0.05, 0) is 120 Å². The van der Waals surface area contributed by atoms with Gasteiger partial charge in [0.25, 0.3) is 5.09 Å². The van der Waals surface area contributed by atoms with E-state index in [2.05, 4.69) is 52.5 Å². The van der Waals surface area contributed by atoms with Crippen molar-refractivity contribution >= 4 is 17.9 Å².